The molecular formula is C15H22N2O2S. The number of piperazine rings is 1. The van der Waals surface area contributed by atoms with Gasteiger partial charge in [0, 0.05) is 9.75 Å². The SMILES string of the molecule is Cc1ccc(C(C)N2C(=O)C(C)NC(=O)C2C(C)C)s1. The van der Waals surface area contributed by atoms with Crippen LogP contribution in [0.1, 0.15) is 43.5 Å². The number of hydrogen-bond donors (Lipinski definition) is 1. The summed E-state index contributed by atoms with van der Waals surface area (Å²) in [5.41, 5.74) is 0. The lowest BCUT2D eigenvalue weighted by molar-refractivity contribution is -0.153. The van der Waals surface area contributed by atoms with Crippen LogP contribution in [-0.4, -0.2) is 28.8 Å². The van der Waals surface area contributed by atoms with Gasteiger partial charge < -0.3 is 10.2 Å². The summed E-state index contributed by atoms with van der Waals surface area (Å²) in [4.78, 5) is 28.9. The molecule has 0 aliphatic carbocycles. The van der Waals surface area contributed by atoms with Gasteiger partial charge in [0.05, 0.1) is 6.04 Å². The molecule has 3 atom stereocenters. The minimum atomic E-state index is -0.444. The van der Waals surface area contributed by atoms with E-state index in [0.29, 0.717) is 0 Å². The smallest absolute Gasteiger partial charge is 0.246 e. The summed E-state index contributed by atoms with van der Waals surface area (Å²) in [6, 6.07) is 3.20. The van der Waals surface area contributed by atoms with Gasteiger partial charge in [-0.3, -0.25) is 9.59 Å². The summed E-state index contributed by atoms with van der Waals surface area (Å²) in [6.45, 7) is 9.76. The molecule has 3 unspecified atom stereocenters. The standard InChI is InChI=1S/C15H22N2O2S/c1-8(2)13-14(18)16-10(4)15(19)17(13)11(5)12-7-6-9(3)20-12/h6-8,10-11,13H,1-5H3,(H,16,18). The molecule has 1 aliphatic rings. The van der Waals surface area contributed by atoms with E-state index in [-0.39, 0.29) is 23.8 Å². The zero-order chi connectivity index (χ0) is 15.0. The van der Waals surface area contributed by atoms with E-state index in [4.69, 9.17) is 0 Å². The van der Waals surface area contributed by atoms with Gasteiger partial charge in [-0.15, -0.1) is 11.3 Å². The first kappa shape index (κ1) is 15.0. The van der Waals surface area contributed by atoms with Crippen molar-refractivity contribution in [3.8, 4) is 0 Å². The first-order chi connectivity index (χ1) is 9.32. The molecule has 1 aromatic rings. The molecule has 2 heterocycles. The van der Waals surface area contributed by atoms with E-state index >= 15 is 0 Å². The Labute approximate surface area is 124 Å². The van der Waals surface area contributed by atoms with E-state index in [2.05, 4.69) is 11.4 Å². The average Bonchev–Trinajstić information content (AvgIpc) is 2.78. The highest BCUT2D eigenvalue weighted by Crippen LogP contribution is 2.32. The molecule has 20 heavy (non-hydrogen) atoms. The predicted molar refractivity (Wildman–Crippen MR) is 80.5 cm³/mol. The molecule has 1 fully saturated rings. The van der Waals surface area contributed by atoms with Gasteiger partial charge in [0.25, 0.3) is 0 Å². The third-order valence-electron chi connectivity index (χ3n) is 3.77. The molecule has 2 rings (SSSR count). The normalized spacial score (nSPS) is 25.0. The van der Waals surface area contributed by atoms with Crippen molar-refractivity contribution in [2.45, 2.75) is 52.7 Å². The molecule has 0 bridgehead atoms. The molecule has 4 nitrogen and oxygen atoms in total. The van der Waals surface area contributed by atoms with Crippen molar-refractivity contribution in [3.63, 3.8) is 0 Å². The minimum Gasteiger partial charge on any atom is -0.343 e. The highest BCUT2D eigenvalue weighted by Gasteiger charge is 2.42. The van der Waals surface area contributed by atoms with Crippen LogP contribution < -0.4 is 5.32 Å². The molecule has 2 amide bonds. The summed E-state index contributed by atoms with van der Waals surface area (Å²) < 4.78 is 0. The molecule has 0 saturated carbocycles. The Morgan fingerprint density at radius 1 is 1.25 bits per heavy atom. The van der Waals surface area contributed by atoms with Gasteiger partial charge in [-0.2, -0.15) is 0 Å². The maximum Gasteiger partial charge on any atom is 0.246 e. The van der Waals surface area contributed by atoms with Gasteiger partial charge in [-0.05, 0) is 38.8 Å². The van der Waals surface area contributed by atoms with Crippen molar-refractivity contribution < 1.29 is 9.59 Å². The highest BCUT2D eigenvalue weighted by molar-refractivity contribution is 7.12. The van der Waals surface area contributed by atoms with E-state index in [1.54, 1.807) is 23.2 Å². The summed E-state index contributed by atoms with van der Waals surface area (Å²) in [5, 5.41) is 2.78. The van der Waals surface area contributed by atoms with Gasteiger partial charge >= 0.3 is 0 Å². The first-order valence-electron chi connectivity index (χ1n) is 7.01. The molecule has 0 radical (unpaired) electrons. The van der Waals surface area contributed by atoms with Crippen LogP contribution in [0.25, 0.3) is 0 Å². The predicted octanol–water partition coefficient (Wildman–Crippen LogP) is 2.49. The largest absolute Gasteiger partial charge is 0.343 e. The molecular weight excluding hydrogens is 272 g/mol. The quantitative estimate of drug-likeness (QED) is 0.931. The molecule has 110 valence electrons. The summed E-state index contributed by atoms with van der Waals surface area (Å²) in [5.74, 6) is 0.0454. The fourth-order valence-electron chi connectivity index (χ4n) is 2.72. The Kier molecular flexibility index (Phi) is 4.18. The lowest BCUT2D eigenvalue weighted by Crippen LogP contribution is -2.64. The number of nitrogens with one attached hydrogen (secondary N) is 1. The average molecular weight is 294 g/mol. The molecule has 1 aromatic heterocycles. The van der Waals surface area contributed by atoms with Crippen molar-refractivity contribution in [2.75, 3.05) is 0 Å². The molecule has 0 spiro atoms. The van der Waals surface area contributed by atoms with Gasteiger partial charge in [-0.1, -0.05) is 13.8 Å². The van der Waals surface area contributed by atoms with Crippen molar-refractivity contribution >= 4 is 23.2 Å². The van der Waals surface area contributed by atoms with Crippen molar-refractivity contribution in [2.24, 2.45) is 5.92 Å². The van der Waals surface area contributed by atoms with E-state index in [0.717, 1.165) is 4.88 Å². The van der Waals surface area contributed by atoms with Crippen LogP contribution >= 0.6 is 11.3 Å². The van der Waals surface area contributed by atoms with Crippen LogP contribution in [0.4, 0.5) is 0 Å². The maximum atomic E-state index is 12.5. The number of rotatable bonds is 3. The molecule has 0 aromatic carbocycles. The van der Waals surface area contributed by atoms with Gasteiger partial charge in [-0.25, -0.2) is 0 Å². The van der Waals surface area contributed by atoms with Gasteiger partial charge in [0.15, 0.2) is 0 Å². The number of nitrogens with zero attached hydrogens (tertiary/aromatic N) is 1. The topological polar surface area (TPSA) is 49.4 Å². The molecule has 1 N–H and O–H groups in total. The van der Waals surface area contributed by atoms with Crippen LogP contribution in [0, 0.1) is 12.8 Å². The number of amides is 2. The van der Waals surface area contributed by atoms with E-state index in [1.807, 2.05) is 33.8 Å². The second-order valence-corrected chi connectivity index (χ2v) is 7.11. The second-order valence-electron chi connectivity index (χ2n) is 5.79. The van der Waals surface area contributed by atoms with Crippen molar-refractivity contribution in [1.82, 2.24) is 10.2 Å². The molecule has 5 heteroatoms. The Morgan fingerprint density at radius 3 is 2.40 bits per heavy atom. The molecule has 1 aliphatic heterocycles. The summed E-state index contributed by atoms with van der Waals surface area (Å²) >= 11 is 1.68. The van der Waals surface area contributed by atoms with Crippen LogP contribution in [0.5, 0.6) is 0 Å². The van der Waals surface area contributed by atoms with Crippen LogP contribution in [0.2, 0.25) is 0 Å². The van der Waals surface area contributed by atoms with Crippen LogP contribution in [0.15, 0.2) is 12.1 Å². The fraction of sp³-hybridized carbons (Fsp3) is 0.600. The Bertz CT molecular complexity index is 524. The second kappa shape index (κ2) is 5.56. The number of thiophene rings is 1. The summed E-state index contributed by atoms with van der Waals surface area (Å²) in [6.07, 6.45) is 0. The van der Waals surface area contributed by atoms with Crippen LogP contribution in [0.3, 0.4) is 0 Å². The van der Waals surface area contributed by atoms with Gasteiger partial charge in [0.1, 0.15) is 12.1 Å². The number of carbonyl (C=O) groups is 2. The third kappa shape index (κ3) is 2.59. The fourth-order valence-corrected chi connectivity index (χ4v) is 3.65. The number of aryl methyl sites for hydroxylation is 1. The van der Waals surface area contributed by atoms with Crippen LogP contribution in [-0.2, 0) is 9.59 Å². The molecule has 1 saturated heterocycles. The Morgan fingerprint density at radius 2 is 1.90 bits per heavy atom. The third-order valence-corrected chi connectivity index (χ3v) is 4.94. The minimum absolute atomic E-state index is 0.00172. The Balaban J connectivity index is 2.37. The summed E-state index contributed by atoms with van der Waals surface area (Å²) in [7, 11) is 0. The number of hydrogen-bond acceptors (Lipinski definition) is 3. The monoisotopic (exact) mass is 294 g/mol. The lowest BCUT2D eigenvalue weighted by atomic mass is 9.95. The number of carbonyl (C=O) groups excluding carboxylic acids is 2. The van der Waals surface area contributed by atoms with Gasteiger partial charge in [0.2, 0.25) is 11.8 Å². The maximum absolute atomic E-state index is 12.5. The van der Waals surface area contributed by atoms with E-state index < -0.39 is 12.1 Å². The zero-order valence-corrected chi connectivity index (χ0v) is 13.5. The van der Waals surface area contributed by atoms with E-state index in [1.165, 1.54) is 4.88 Å². The van der Waals surface area contributed by atoms with Crippen molar-refractivity contribution in [1.29, 1.82) is 0 Å². The zero-order valence-electron chi connectivity index (χ0n) is 12.6. The highest BCUT2D eigenvalue weighted by atomic mass is 32.1. The van der Waals surface area contributed by atoms with E-state index in [9.17, 15) is 9.59 Å². The first-order valence-corrected chi connectivity index (χ1v) is 7.83. The Hall–Kier alpha value is -1.36. The van der Waals surface area contributed by atoms with Crippen molar-refractivity contribution in [3.05, 3.63) is 21.9 Å². The lowest BCUT2D eigenvalue weighted by Gasteiger charge is -2.43.